The number of nitrogens with zero attached hydrogens (tertiary/aromatic N) is 6. The third-order valence-corrected chi connectivity index (χ3v) is 5.70. The van der Waals surface area contributed by atoms with E-state index in [0.29, 0.717) is 49.7 Å². The van der Waals surface area contributed by atoms with Crippen molar-refractivity contribution >= 4 is 29.4 Å². The summed E-state index contributed by atoms with van der Waals surface area (Å²) < 4.78 is 1.68. The summed E-state index contributed by atoms with van der Waals surface area (Å²) in [6.07, 6.45) is 4.96. The van der Waals surface area contributed by atoms with Crippen LogP contribution in [0.4, 0.5) is 5.69 Å². The lowest BCUT2D eigenvalue weighted by Crippen LogP contribution is -2.55. The molecule has 0 saturated carbocycles. The van der Waals surface area contributed by atoms with Crippen molar-refractivity contribution in [1.29, 1.82) is 0 Å². The molecule has 32 heavy (non-hydrogen) atoms. The molecule has 1 N–H and O–H groups in total. The maximum atomic E-state index is 12.6. The maximum Gasteiger partial charge on any atom is 0.261 e. The summed E-state index contributed by atoms with van der Waals surface area (Å²) in [7, 11) is 3.52. The highest BCUT2D eigenvalue weighted by Crippen LogP contribution is 2.22. The number of aryl methyl sites for hydroxylation is 1. The zero-order valence-corrected chi connectivity index (χ0v) is 18.3. The number of aliphatic imine (C=N–C) groups is 1. The van der Waals surface area contributed by atoms with Gasteiger partial charge in [-0.1, -0.05) is 12.1 Å². The molecule has 0 aliphatic carbocycles. The number of unbranched alkanes of at least 4 members (excludes halogenated alkanes) is 1. The number of hydrogen-bond acceptors (Lipinski definition) is 5. The summed E-state index contributed by atoms with van der Waals surface area (Å²) in [6.45, 7) is 2.48. The average Bonchev–Trinajstić information content (AvgIpc) is 3.33. The topological polar surface area (TPSA) is 103 Å². The number of imide groups is 1. The van der Waals surface area contributed by atoms with E-state index in [-0.39, 0.29) is 24.3 Å². The van der Waals surface area contributed by atoms with E-state index in [4.69, 9.17) is 0 Å². The van der Waals surface area contributed by atoms with Gasteiger partial charge in [-0.3, -0.25) is 29.0 Å². The highest BCUT2D eigenvalue weighted by molar-refractivity contribution is 6.21. The number of amides is 3. The Labute approximate surface area is 186 Å². The Balaban J connectivity index is 1.22. The molecule has 1 aromatic heterocycles. The van der Waals surface area contributed by atoms with Crippen molar-refractivity contribution in [3.05, 3.63) is 47.8 Å². The standard InChI is InChI=1S/C22H27N7O3/c1-23-22(27-11-12-28(19(30)15-27)16-13-25-26(2)14-16)24-9-5-6-10-29-20(31)17-7-3-4-8-18(17)21(29)32/h3-4,7-8,13-14H,5-6,9-12,15H2,1-2H3,(H,23,24). The molecule has 0 atom stereocenters. The van der Waals surface area contributed by atoms with Crippen LogP contribution in [0.15, 0.2) is 41.7 Å². The summed E-state index contributed by atoms with van der Waals surface area (Å²) in [4.78, 5) is 46.7. The minimum Gasteiger partial charge on any atom is -0.356 e. The van der Waals surface area contributed by atoms with Gasteiger partial charge in [-0.05, 0) is 25.0 Å². The number of anilines is 1. The SMILES string of the molecule is CN=C(NCCCCN1C(=O)c2ccccc2C1=O)N1CCN(c2cnn(C)c2)C(=O)C1. The lowest BCUT2D eigenvalue weighted by atomic mass is 10.1. The van der Waals surface area contributed by atoms with Crippen LogP contribution in [0, 0.1) is 0 Å². The molecule has 0 bridgehead atoms. The Bertz CT molecular complexity index is 1030. The van der Waals surface area contributed by atoms with Crippen molar-refractivity contribution in [2.75, 3.05) is 44.7 Å². The molecule has 2 aliphatic rings. The van der Waals surface area contributed by atoms with Crippen LogP contribution in [0.1, 0.15) is 33.6 Å². The van der Waals surface area contributed by atoms with Gasteiger partial charge in [0.2, 0.25) is 5.91 Å². The molecule has 3 heterocycles. The Hall–Kier alpha value is -3.69. The molecule has 10 nitrogen and oxygen atoms in total. The summed E-state index contributed by atoms with van der Waals surface area (Å²) in [6, 6.07) is 6.92. The number of piperazine rings is 1. The normalized spacial score (nSPS) is 16.8. The molecule has 10 heteroatoms. The quantitative estimate of drug-likeness (QED) is 0.309. The first-order valence-electron chi connectivity index (χ1n) is 10.7. The number of aromatic nitrogens is 2. The van der Waals surface area contributed by atoms with Gasteiger partial charge in [0.15, 0.2) is 5.96 Å². The van der Waals surface area contributed by atoms with Crippen LogP contribution in [-0.2, 0) is 11.8 Å². The van der Waals surface area contributed by atoms with E-state index in [0.717, 1.165) is 12.1 Å². The Kier molecular flexibility index (Phi) is 6.20. The molecule has 1 aromatic carbocycles. The van der Waals surface area contributed by atoms with Crippen LogP contribution >= 0.6 is 0 Å². The molecular formula is C22H27N7O3. The number of benzene rings is 1. The second-order valence-corrected chi connectivity index (χ2v) is 7.83. The molecule has 168 valence electrons. The zero-order chi connectivity index (χ0) is 22.7. The van der Waals surface area contributed by atoms with E-state index in [9.17, 15) is 14.4 Å². The van der Waals surface area contributed by atoms with E-state index >= 15 is 0 Å². The van der Waals surface area contributed by atoms with Crippen LogP contribution in [-0.4, -0.2) is 83.0 Å². The minimum absolute atomic E-state index is 0.00201. The largest absolute Gasteiger partial charge is 0.356 e. The summed E-state index contributed by atoms with van der Waals surface area (Å²) in [5.74, 6) is 0.224. The molecule has 0 unspecified atom stereocenters. The van der Waals surface area contributed by atoms with Crippen molar-refractivity contribution in [3.8, 4) is 0 Å². The minimum atomic E-state index is -0.223. The number of rotatable bonds is 6. The van der Waals surface area contributed by atoms with Crippen LogP contribution in [0.5, 0.6) is 0 Å². The lowest BCUT2D eigenvalue weighted by Gasteiger charge is -2.35. The van der Waals surface area contributed by atoms with E-state index in [2.05, 4.69) is 15.4 Å². The number of carbonyl (C=O) groups excluding carboxylic acids is 3. The van der Waals surface area contributed by atoms with Crippen LogP contribution < -0.4 is 10.2 Å². The Morgan fingerprint density at radius 2 is 1.81 bits per heavy atom. The fraction of sp³-hybridized carbons (Fsp3) is 0.409. The fourth-order valence-electron chi connectivity index (χ4n) is 4.04. The van der Waals surface area contributed by atoms with E-state index in [1.54, 1.807) is 47.1 Å². The molecule has 1 saturated heterocycles. The van der Waals surface area contributed by atoms with Gasteiger partial charge in [0.25, 0.3) is 11.8 Å². The van der Waals surface area contributed by atoms with Gasteiger partial charge in [-0.2, -0.15) is 5.10 Å². The Morgan fingerprint density at radius 1 is 1.09 bits per heavy atom. The van der Waals surface area contributed by atoms with Crippen molar-refractivity contribution in [2.24, 2.45) is 12.0 Å². The smallest absolute Gasteiger partial charge is 0.261 e. The van der Waals surface area contributed by atoms with Gasteiger partial charge < -0.3 is 15.1 Å². The number of carbonyl (C=O) groups is 3. The molecule has 2 aromatic rings. The lowest BCUT2D eigenvalue weighted by molar-refractivity contribution is -0.120. The number of nitrogens with one attached hydrogen (secondary N) is 1. The summed E-state index contributed by atoms with van der Waals surface area (Å²) >= 11 is 0. The maximum absolute atomic E-state index is 12.6. The molecule has 3 amide bonds. The van der Waals surface area contributed by atoms with Crippen LogP contribution in [0.25, 0.3) is 0 Å². The molecule has 2 aliphatic heterocycles. The Morgan fingerprint density at radius 3 is 2.41 bits per heavy atom. The van der Waals surface area contributed by atoms with Crippen molar-refractivity contribution in [3.63, 3.8) is 0 Å². The van der Waals surface area contributed by atoms with Gasteiger partial charge in [0.05, 0.1) is 23.0 Å². The molecule has 4 rings (SSSR count). The number of guanidine groups is 1. The monoisotopic (exact) mass is 437 g/mol. The summed E-state index contributed by atoms with van der Waals surface area (Å²) in [5.41, 5.74) is 1.76. The molecule has 0 spiro atoms. The van der Waals surface area contributed by atoms with Gasteiger partial charge in [-0.25, -0.2) is 0 Å². The van der Waals surface area contributed by atoms with Gasteiger partial charge >= 0.3 is 0 Å². The highest BCUT2D eigenvalue weighted by Gasteiger charge is 2.34. The van der Waals surface area contributed by atoms with Crippen LogP contribution in [0.2, 0.25) is 0 Å². The highest BCUT2D eigenvalue weighted by atomic mass is 16.2. The van der Waals surface area contributed by atoms with Crippen molar-refractivity contribution < 1.29 is 14.4 Å². The van der Waals surface area contributed by atoms with Crippen molar-refractivity contribution in [1.82, 2.24) is 24.9 Å². The van der Waals surface area contributed by atoms with Gasteiger partial charge in [0.1, 0.15) is 6.54 Å². The van der Waals surface area contributed by atoms with E-state index in [1.165, 1.54) is 4.90 Å². The molecule has 0 radical (unpaired) electrons. The van der Waals surface area contributed by atoms with Gasteiger partial charge in [-0.15, -0.1) is 0 Å². The molecular weight excluding hydrogens is 410 g/mol. The fourth-order valence-corrected chi connectivity index (χ4v) is 4.04. The average molecular weight is 438 g/mol. The number of fused-ring (bicyclic) bond motifs is 1. The third-order valence-electron chi connectivity index (χ3n) is 5.70. The first-order chi connectivity index (χ1) is 15.5. The molecule has 1 fully saturated rings. The predicted octanol–water partition coefficient (Wildman–Crippen LogP) is 0.720. The first kappa shape index (κ1) is 21.5. The summed E-state index contributed by atoms with van der Waals surface area (Å²) in [5, 5.41) is 7.42. The second-order valence-electron chi connectivity index (χ2n) is 7.83. The predicted molar refractivity (Wildman–Crippen MR) is 120 cm³/mol. The first-order valence-corrected chi connectivity index (χ1v) is 10.7. The van der Waals surface area contributed by atoms with Crippen LogP contribution in [0.3, 0.4) is 0 Å². The van der Waals surface area contributed by atoms with E-state index in [1.807, 2.05) is 18.1 Å². The van der Waals surface area contributed by atoms with E-state index < -0.39 is 0 Å². The third kappa shape index (κ3) is 4.20. The van der Waals surface area contributed by atoms with Gasteiger partial charge in [0, 0.05) is 46.5 Å². The zero-order valence-electron chi connectivity index (χ0n) is 18.3. The number of hydrogen-bond donors (Lipinski definition) is 1. The van der Waals surface area contributed by atoms with Crippen molar-refractivity contribution in [2.45, 2.75) is 12.8 Å². The second kappa shape index (κ2) is 9.21.